The van der Waals surface area contributed by atoms with Crippen molar-refractivity contribution >= 4 is 0 Å². The van der Waals surface area contributed by atoms with Gasteiger partial charge in [0.15, 0.2) is 0 Å². The van der Waals surface area contributed by atoms with Gasteiger partial charge in [0.05, 0.1) is 5.69 Å². The number of rotatable bonds is 4. The minimum Gasteiger partial charge on any atom is -0.357 e. The second-order valence-corrected chi connectivity index (χ2v) is 4.04. The molecule has 0 saturated heterocycles. The molecule has 2 rings (SSSR count). The molecule has 0 saturated carbocycles. The van der Waals surface area contributed by atoms with Crippen LogP contribution >= 0.6 is 0 Å². The Morgan fingerprint density at radius 2 is 2.25 bits per heavy atom. The highest BCUT2D eigenvalue weighted by Crippen LogP contribution is 2.09. The smallest absolute Gasteiger partial charge is 0.0570 e. The molecular weight excluding hydrogens is 198 g/mol. The van der Waals surface area contributed by atoms with Gasteiger partial charge in [0.1, 0.15) is 0 Å². The molecule has 0 spiro atoms. The maximum absolute atomic E-state index is 4.33. The lowest BCUT2D eigenvalue weighted by molar-refractivity contribution is 0.561. The second-order valence-electron chi connectivity index (χ2n) is 4.04. The topological polar surface area (TPSA) is 29.9 Å². The molecule has 0 aliphatic rings. The maximum Gasteiger partial charge on any atom is 0.0570 e. The fourth-order valence-corrected chi connectivity index (χ4v) is 1.67. The van der Waals surface area contributed by atoms with E-state index in [1.807, 2.05) is 31.4 Å². The van der Waals surface area contributed by atoms with Crippen LogP contribution in [0.3, 0.4) is 0 Å². The molecule has 2 heterocycles. The van der Waals surface area contributed by atoms with Crippen molar-refractivity contribution in [3.8, 4) is 0 Å². The van der Waals surface area contributed by atoms with Gasteiger partial charge in [-0.05, 0) is 30.7 Å². The SMILES string of the molecule is C[C@H](NCc1ccn(C)c1)c1ccccn1. The van der Waals surface area contributed by atoms with Crippen LogP contribution in [0.5, 0.6) is 0 Å². The van der Waals surface area contributed by atoms with Gasteiger partial charge in [0, 0.05) is 38.2 Å². The summed E-state index contributed by atoms with van der Waals surface area (Å²) < 4.78 is 2.06. The van der Waals surface area contributed by atoms with Crippen molar-refractivity contribution in [2.24, 2.45) is 7.05 Å². The van der Waals surface area contributed by atoms with E-state index in [4.69, 9.17) is 0 Å². The summed E-state index contributed by atoms with van der Waals surface area (Å²) in [6, 6.07) is 8.40. The largest absolute Gasteiger partial charge is 0.357 e. The average molecular weight is 215 g/mol. The van der Waals surface area contributed by atoms with Gasteiger partial charge in [-0.15, -0.1) is 0 Å². The number of nitrogens with one attached hydrogen (secondary N) is 1. The summed E-state index contributed by atoms with van der Waals surface area (Å²) in [5.74, 6) is 0. The standard InChI is InChI=1S/C13H17N3/c1-11(13-5-3-4-7-14-13)15-9-12-6-8-16(2)10-12/h3-8,10-11,15H,9H2,1-2H3/t11-/m0/s1. The minimum absolute atomic E-state index is 0.279. The van der Waals surface area contributed by atoms with Crippen molar-refractivity contribution in [3.05, 3.63) is 54.1 Å². The van der Waals surface area contributed by atoms with Gasteiger partial charge in [-0.1, -0.05) is 6.07 Å². The molecule has 1 atom stereocenters. The predicted octanol–water partition coefficient (Wildman–Crippen LogP) is 2.27. The normalized spacial score (nSPS) is 12.6. The van der Waals surface area contributed by atoms with Crippen molar-refractivity contribution in [2.75, 3.05) is 0 Å². The molecule has 0 bridgehead atoms. The number of nitrogens with zero attached hydrogens (tertiary/aromatic N) is 2. The maximum atomic E-state index is 4.33. The van der Waals surface area contributed by atoms with Crippen LogP contribution in [0.15, 0.2) is 42.9 Å². The van der Waals surface area contributed by atoms with Gasteiger partial charge in [-0.2, -0.15) is 0 Å². The van der Waals surface area contributed by atoms with E-state index in [2.05, 4.69) is 40.3 Å². The molecule has 0 amide bonds. The van der Waals surface area contributed by atoms with Crippen LogP contribution in [-0.4, -0.2) is 9.55 Å². The van der Waals surface area contributed by atoms with E-state index in [1.165, 1.54) is 5.56 Å². The van der Waals surface area contributed by atoms with Gasteiger partial charge in [-0.25, -0.2) is 0 Å². The van der Waals surface area contributed by atoms with Gasteiger partial charge in [0.25, 0.3) is 0 Å². The molecular formula is C13H17N3. The Labute approximate surface area is 96.1 Å². The highest BCUT2D eigenvalue weighted by molar-refractivity contribution is 5.11. The Hall–Kier alpha value is -1.61. The van der Waals surface area contributed by atoms with Crippen LogP contribution in [0.1, 0.15) is 24.2 Å². The first-order chi connectivity index (χ1) is 7.75. The second kappa shape index (κ2) is 4.94. The van der Waals surface area contributed by atoms with Crippen LogP contribution < -0.4 is 5.32 Å². The van der Waals surface area contributed by atoms with Gasteiger partial charge in [-0.3, -0.25) is 4.98 Å². The van der Waals surface area contributed by atoms with Crippen LogP contribution in [0, 0.1) is 0 Å². The summed E-state index contributed by atoms with van der Waals surface area (Å²) in [5, 5.41) is 3.45. The third-order valence-corrected chi connectivity index (χ3v) is 2.64. The molecule has 0 aromatic carbocycles. The zero-order valence-corrected chi connectivity index (χ0v) is 9.72. The lowest BCUT2D eigenvalue weighted by Gasteiger charge is -2.12. The lowest BCUT2D eigenvalue weighted by atomic mass is 10.2. The molecule has 0 aliphatic heterocycles. The first-order valence-electron chi connectivity index (χ1n) is 5.51. The summed E-state index contributed by atoms with van der Waals surface area (Å²) in [6.45, 7) is 3.00. The number of aryl methyl sites for hydroxylation is 1. The van der Waals surface area contributed by atoms with Crippen molar-refractivity contribution in [2.45, 2.75) is 19.5 Å². The monoisotopic (exact) mass is 215 g/mol. The predicted molar refractivity (Wildman–Crippen MR) is 64.9 cm³/mol. The lowest BCUT2D eigenvalue weighted by Crippen LogP contribution is -2.18. The van der Waals surface area contributed by atoms with Crippen molar-refractivity contribution < 1.29 is 0 Å². The third kappa shape index (κ3) is 2.70. The van der Waals surface area contributed by atoms with Gasteiger partial charge in [0.2, 0.25) is 0 Å². The average Bonchev–Trinajstić information content (AvgIpc) is 2.73. The van der Waals surface area contributed by atoms with E-state index >= 15 is 0 Å². The Morgan fingerprint density at radius 3 is 2.88 bits per heavy atom. The molecule has 1 N–H and O–H groups in total. The molecule has 84 valence electrons. The summed E-state index contributed by atoms with van der Waals surface area (Å²) in [7, 11) is 2.03. The summed E-state index contributed by atoms with van der Waals surface area (Å²) in [6.07, 6.45) is 6.01. The highest BCUT2D eigenvalue weighted by Gasteiger charge is 2.05. The molecule has 0 radical (unpaired) electrons. The van der Waals surface area contributed by atoms with E-state index in [0.717, 1.165) is 12.2 Å². The summed E-state index contributed by atoms with van der Waals surface area (Å²) >= 11 is 0. The Kier molecular flexibility index (Phi) is 3.37. The Bertz CT molecular complexity index is 433. The number of aromatic nitrogens is 2. The quantitative estimate of drug-likeness (QED) is 0.848. The van der Waals surface area contributed by atoms with Crippen molar-refractivity contribution in [1.82, 2.24) is 14.9 Å². The molecule has 2 aromatic rings. The summed E-state index contributed by atoms with van der Waals surface area (Å²) in [4.78, 5) is 4.33. The zero-order chi connectivity index (χ0) is 11.4. The number of pyridine rings is 1. The van der Waals surface area contributed by atoms with Gasteiger partial charge < -0.3 is 9.88 Å². The van der Waals surface area contributed by atoms with E-state index in [9.17, 15) is 0 Å². The van der Waals surface area contributed by atoms with Crippen LogP contribution in [-0.2, 0) is 13.6 Å². The molecule has 3 heteroatoms. The van der Waals surface area contributed by atoms with Crippen LogP contribution in [0.25, 0.3) is 0 Å². The third-order valence-electron chi connectivity index (χ3n) is 2.64. The molecule has 3 nitrogen and oxygen atoms in total. The van der Waals surface area contributed by atoms with E-state index < -0.39 is 0 Å². The first-order valence-corrected chi connectivity index (χ1v) is 5.51. The summed E-state index contributed by atoms with van der Waals surface area (Å²) in [5.41, 5.74) is 2.38. The minimum atomic E-state index is 0.279. The fourth-order valence-electron chi connectivity index (χ4n) is 1.67. The van der Waals surface area contributed by atoms with E-state index in [1.54, 1.807) is 0 Å². The first kappa shape index (κ1) is 10.9. The van der Waals surface area contributed by atoms with E-state index in [-0.39, 0.29) is 6.04 Å². The van der Waals surface area contributed by atoms with Crippen molar-refractivity contribution in [1.29, 1.82) is 0 Å². The highest BCUT2D eigenvalue weighted by atomic mass is 14.9. The Balaban J connectivity index is 1.91. The van der Waals surface area contributed by atoms with Crippen LogP contribution in [0.4, 0.5) is 0 Å². The number of hydrogen-bond acceptors (Lipinski definition) is 2. The van der Waals surface area contributed by atoms with E-state index in [0.29, 0.717) is 0 Å². The fraction of sp³-hybridized carbons (Fsp3) is 0.308. The Morgan fingerprint density at radius 1 is 1.38 bits per heavy atom. The molecule has 16 heavy (non-hydrogen) atoms. The number of hydrogen-bond donors (Lipinski definition) is 1. The van der Waals surface area contributed by atoms with Crippen molar-refractivity contribution in [3.63, 3.8) is 0 Å². The molecule has 0 fully saturated rings. The molecule has 0 aliphatic carbocycles. The zero-order valence-electron chi connectivity index (χ0n) is 9.72. The molecule has 0 unspecified atom stereocenters. The van der Waals surface area contributed by atoms with Crippen LogP contribution in [0.2, 0.25) is 0 Å². The molecule has 2 aromatic heterocycles. The van der Waals surface area contributed by atoms with Gasteiger partial charge >= 0.3 is 0 Å².